The highest BCUT2D eigenvalue weighted by atomic mass is 15.0. The van der Waals surface area contributed by atoms with E-state index in [4.69, 9.17) is 9.97 Å². The molecule has 0 amide bonds. The first-order valence-corrected chi connectivity index (χ1v) is 12.0. The van der Waals surface area contributed by atoms with Crippen LogP contribution >= 0.6 is 0 Å². The molecule has 35 heavy (non-hydrogen) atoms. The van der Waals surface area contributed by atoms with Crippen molar-refractivity contribution in [2.45, 2.75) is 12.8 Å². The largest absolute Gasteiger partial charge is 0.290 e. The highest BCUT2D eigenvalue weighted by Crippen LogP contribution is 2.48. The van der Waals surface area contributed by atoms with Crippen LogP contribution in [0.2, 0.25) is 0 Å². The second-order valence-electron chi connectivity index (χ2n) is 9.71. The van der Waals surface area contributed by atoms with Gasteiger partial charge in [-0.15, -0.1) is 0 Å². The maximum absolute atomic E-state index is 5.12. The second kappa shape index (κ2) is 6.10. The molecular formula is C31H18N4. The number of hydrogen-bond donors (Lipinski definition) is 0. The van der Waals surface area contributed by atoms with E-state index in [9.17, 15) is 0 Å². The Morgan fingerprint density at radius 2 is 1.57 bits per heavy atom. The van der Waals surface area contributed by atoms with Gasteiger partial charge in [0.15, 0.2) is 0 Å². The first-order chi connectivity index (χ1) is 17.3. The molecule has 0 saturated heterocycles. The summed E-state index contributed by atoms with van der Waals surface area (Å²) in [5.74, 6) is 0. The van der Waals surface area contributed by atoms with Crippen LogP contribution in [0.5, 0.6) is 0 Å². The van der Waals surface area contributed by atoms with E-state index in [1.54, 1.807) is 0 Å². The van der Waals surface area contributed by atoms with Crippen LogP contribution in [0, 0.1) is 0 Å². The minimum Gasteiger partial charge on any atom is -0.290 e. The Morgan fingerprint density at radius 3 is 2.57 bits per heavy atom. The Bertz CT molecular complexity index is 2070. The molecule has 0 bridgehead atoms. The fraction of sp³-hybridized carbons (Fsp3) is 0.0645. The average molecular weight is 447 g/mol. The molecule has 0 aliphatic heterocycles. The number of aromatic nitrogens is 4. The zero-order chi connectivity index (χ0) is 22.7. The van der Waals surface area contributed by atoms with Crippen LogP contribution in [0.1, 0.15) is 22.3 Å². The van der Waals surface area contributed by atoms with Crippen molar-refractivity contribution >= 4 is 38.5 Å². The van der Waals surface area contributed by atoms with E-state index in [-0.39, 0.29) is 0 Å². The Kier molecular flexibility index (Phi) is 3.11. The van der Waals surface area contributed by atoms with Crippen molar-refractivity contribution in [3.63, 3.8) is 0 Å². The van der Waals surface area contributed by atoms with Gasteiger partial charge >= 0.3 is 0 Å². The van der Waals surface area contributed by atoms with Crippen molar-refractivity contribution in [1.29, 1.82) is 0 Å². The SMILES string of the molecule is c1ccc2c(c1)Cc1cc3c(cc1-2)Cc1ccc2c4ncccc4n4c5ccncc5nc4c2c1-3. The maximum atomic E-state index is 5.12. The van der Waals surface area contributed by atoms with Gasteiger partial charge < -0.3 is 0 Å². The summed E-state index contributed by atoms with van der Waals surface area (Å²) in [6.07, 6.45) is 7.54. The summed E-state index contributed by atoms with van der Waals surface area (Å²) in [6, 6.07) is 24.4. The van der Waals surface area contributed by atoms with E-state index in [1.807, 2.05) is 24.7 Å². The molecule has 0 saturated carbocycles. The molecule has 0 unspecified atom stereocenters. The van der Waals surface area contributed by atoms with Gasteiger partial charge in [0.1, 0.15) is 11.2 Å². The molecule has 7 aromatic rings. The predicted octanol–water partition coefficient (Wildman–Crippen LogP) is 6.73. The second-order valence-corrected chi connectivity index (χ2v) is 9.71. The molecule has 2 aliphatic carbocycles. The summed E-state index contributed by atoms with van der Waals surface area (Å²) in [7, 11) is 0. The molecule has 3 aromatic carbocycles. The Morgan fingerprint density at radius 1 is 0.686 bits per heavy atom. The molecule has 0 spiro atoms. The number of imidazole rings is 1. The van der Waals surface area contributed by atoms with Gasteiger partial charge in [-0.1, -0.05) is 36.4 Å². The molecule has 0 fully saturated rings. The summed E-state index contributed by atoms with van der Waals surface area (Å²) < 4.78 is 2.27. The van der Waals surface area contributed by atoms with Crippen LogP contribution in [0.15, 0.2) is 85.3 Å². The Balaban J connectivity index is 1.45. The number of hydrogen-bond acceptors (Lipinski definition) is 3. The fourth-order valence-electron chi connectivity index (χ4n) is 6.47. The van der Waals surface area contributed by atoms with E-state index in [0.29, 0.717) is 0 Å². The summed E-state index contributed by atoms with van der Waals surface area (Å²) in [4.78, 5) is 14.3. The van der Waals surface area contributed by atoms with Gasteiger partial charge in [-0.2, -0.15) is 0 Å². The van der Waals surface area contributed by atoms with Crippen molar-refractivity contribution in [2.75, 3.05) is 0 Å². The molecule has 0 radical (unpaired) electrons. The van der Waals surface area contributed by atoms with Crippen LogP contribution in [-0.4, -0.2) is 19.4 Å². The van der Waals surface area contributed by atoms with Crippen molar-refractivity contribution in [3.05, 3.63) is 108 Å². The minimum absolute atomic E-state index is 0.908. The minimum atomic E-state index is 0.908. The lowest BCUT2D eigenvalue weighted by Crippen LogP contribution is -1.95. The fourth-order valence-corrected chi connectivity index (χ4v) is 6.47. The van der Waals surface area contributed by atoms with Crippen LogP contribution in [0.3, 0.4) is 0 Å². The van der Waals surface area contributed by atoms with Gasteiger partial charge in [0.25, 0.3) is 0 Å². The van der Waals surface area contributed by atoms with Crippen LogP contribution in [-0.2, 0) is 12.8 Å². The normalized spacial score (nSPS) is 13.5. The highest BCUT2D eigenvalue weighted by molar-refractivity contribution is 6.18. The third-order valence-corrected chi connectivity index (χ3v) is 7.92. The molecule has 0 atom stereocenters. The third kappa shape index (κ3) is 2.15. The molecule has 0 N–H and O–H groups in total. The van der Waals surface area contributed by atoms with E-state index in [0.717, 1.165) is 45.9 Å². The van der Waals surface area contributed by atoms with E-state index in [1.165, 1.54) is 49.9 Å². The van der Waals surface area contributed by atoms with Gasteiger partial charge in [0.2, 0.25) is 0 Å². The van der Waals surface area contributed by atoms with Crippen LogP contribution in [0.25, 0.3) is 60.7 Å². The summed E-state index contributed by atoms with van der Waals surface area (Å²) >= 11 is 0. The zero-order valence-corrected chi connectivity index (χ0v) is 18.8. The molecular weight excluding hydrogens is 428 g/mol. The molecule has 4 heterocycles. The van der Waals surface area contributed by atoms with Gasteiger partial charge in [0, 0.05) is 23.2 Å². The maximum Gasteiger partial charge on any atom is 0.147 e. The quantitative estimate of drug-likeness (QED) is 0.243. The lowest BCUT2D eigenvalue weighted by atomic mass is 9.95. The number of nitrogens with zero attached hydrogens (tertiary/aromatic N) is 4. The Hall–Kier alpha value is -4.57. The molecule has 4 heteroatoms. The van der Waals surface area contributed by atoms with Crippen molar-refractivity contribution in [3.8, 4) is 22.3 Å². The lowest BCUT2D eigenvalue weighted by Gasteiger charge is -2.13. The monoisotopic (exact) mass is 446 g/mol. The van der Waals surface area contributed by atoms with E-state index >= 15 is 0 Å². The summed E-state index contributed by atoms with van der Waals surface area (Å²) in [5, 5.41) is 2.35. The van der Waals surface area contributed by atoms with E-state index < -0.39 is 0 Å². The molecule has 2 aliphatic rings. The number of rotatable bonds is 0. The summed E-state index contributed by atoms with van der Waals surface area (Å²) in [6.45, 7) is 0. The van der Waals surface area contributed by atoms with Crippen molar-refractivity contribution in [1.82, 2.24) is 19.4 Å². The van der Waals surface area contributed by atoms with E-state index in [2.05, 4.69) is 70.0 Å². The van der Waals surface area contributed by atoms with Gasteiger partial charge in [-0.25, -0.2) is 4.98 Å². The average Bonchev–Trinajstić information content (AvgIpc) is 3.58. The smallest absolute Gasteiger partial charge is 0.147 e. The van der Waals surface area contributed by atoms with Crippen molar-refractivity contribution in [2.24, 2.45) is 0 Å². The van der Waals surface area contributed by atoms with Gasteiger partial charge in [-0.05, 0) is 87.7 Å². The van der Waals surface area contributed by atoms with Crippen molar-refractivity contribution < 1.29 is 0 Å². The molecule has 9 rings (SSSR count). The number of pyridine rings is 3. The number of benzene rings is 3. The lowest BCUT2D eigenvalue weighted by molar-refractivity contribution is 1.24. The topological polar surface area (TPSA) is 43.1 Å². The third-order valence-electron chi connectivity index (χ3n) is 7.92. The first-order valence-electron chi connectivity index (χ1n) is 12.0. The Labute approximate surface area is 200 Å². The molecule has 4 nitrogen and oxygen atoms in total. The first kappa shape index (κ1) is 17.8. The number of fused-ring (bicyclic) bond motifs is 15. The van der Waals surface area contributed by atoms with Crippen LogP contribution in [0.4, 0.5) is 0 Å². The molecule has 162 valence electrons. The highest BCUT2D eigenvalue weighted by Gasteiger charge is 2.28. The molecule has 4 aromatic heterocycles. The summed E-state index contributed by atoms with van der Waals surface area (Å²) in [5.41, 5.74) is 16.1. The van der Waals surface area contributed by atoms with Crippen LogP contribution < -0.4 is 0 Å². The predicted molar refractivity (Wildman–Crippen MR) is 140 cm³/mol. The van der Waals surface area contributed by atoms with Gasteiger partial charge in [-0.3, -0.25) is 14.4 Å². The standard InChI is InChI=1S/C31H18N4/c1-2-5-21-17(4-1)12-19-15-24-20(14-23(19)21)13-18-7-8-22-29(28(18)24)31-34-25-16-32-11-9-26(25)35(31)27-6-3-10-33-30(22)27/h1-11,14-16H,12-13H2. The zero-order valence-electron chi connectivity index (χ0n) is 18.8. The van der Waals surface area contributed by atoms with Gasteiger partial charge in [0.05, 0.1) is 22.7 Å².